The van der Waals surface area contributed by atoms with E-state index in [9.17, 15) is 0 Å². The van der Waals surface area contributed by atoms with Crippen LogP contribution in [0.2, 0.25) is 5.02 Å². The third kappa shape index (κ3) is 3.69. The molecule has 0 aliphatic carbocycles. The van der Waals surface area contributed by atoms with E-state index in [-0.39, 0.29) is 0 Å². The maximum atomic E-state index is 6.18. The van der Waals surface area contributed by atoms with Crippen molar-refractivity contribution in [1.82, 2.24) is 0 Å². The van der Waals surface area contributed by atoms with Crippen LogP contribution in [0.1, 0.15) is 11.1 Å². The van der Waals surface area contributed by atoms with Crippen LogP contribution in [0.15, 0.2) is 33.4 Å². The van der Waals surface area contributed by atoms with E-state index in [0.717, 1.165) is 16.0 Å². The molecule has 0 aliphatic rings. The quantitative estimate of drug-likeness (QED) is 0.801. The van der Waals surface area contributed by atoms with Crippen LogP contribution in [-0.4, -0.2) is 12.0 Å². The second-order valence-corrected chi connectivity index (χ2v) is 7.28. The zero-order valence-corrected chi connectivity index (χ0v) is 14.2. The van der Waals surface area contributed by atoms with Crippen molar-refractivity contribution in [2.24, 2.45) is 5.73 Å². The number of anilines is 1. The smallest absolute Gasteiger partial charge is 0.105 e. The van der Waals surface area contributed by atoms with Crippen molar-refractivity contribution < 1.29 is 0 Å². The molecule has 0 saturated heterocycles. The van der Waals surface area contributed by atoms with E-state index in [4.69, 9.17) is 29.6 Å². The SMILES string of the molecule is CN(Cc1csc(Br)c1)c1ccc(C(N)=S)c(Cl)c1. The van der Waals surface area contributed by atoms with Gasteiger partial charge in [0.2, 0.25) is 0 Å². The number of hydrogen-bond donors (Lipinski definition) is 1. The van der Waals surface area contributed by atoms with Gasteiger partial charge in [-0.3, -0.25) is 0 Å². The predicted molar refractivity (Wildman–Crippen MR) is 91.5 cm³/mol. The van der Waals surface area contributed by atoms with Gasteiger partial charge in [-0.2, -0.15) is 0 Å². The van der Waals surface area contributed by atoms with Crippen molar-refractivity contribution in [3.05, 3.63) is 49.6 Å². The molecule has 0 radical (unpaired) electrons. The number of nitrogens with zero attached hydrogens (tertiary/aromatic N) is 1. The van der Waals surface area contributed by atoms with Crippen molar-refractivity contribution >= 4 is 61.8 Å². The molecular formula is C13H12BrClN2S2. The highest BCUT2D eigenvalue weighted by atomic mass is 79.9. The van der Waals surface area contributed by atoms with E-state index in [1.807, 2.05) is 25.2 Å². The molecule has 19 heavy (non-hydrogen) atoms. The molecule has 1 heterocycles. The molecule has 2 nitrogen and oxygen atoms in total. The van der Waals surface area contributed by atoms with Crippen molar-refractivity contribution in [3.63, 3.8) is 0 Å². The third-order valence-electron chi connectivity index (χ3n) is 2.70. The van der Waals surface area contributed by atoms with Gasteiger partial charge in [-0.1, -0.05) is 23.8 Å². The van der Waals surface area contributed by atoms with Crippen molar-refractivity contribution in [2.75, 3.05) is 11.9 Å². The Kier molecular flexibility index (Phi) is 4.84. The van der Waals surface area contributed by atoms with Crippen LogP contribution in [0, 0.1) is 0 Å². The molecule has 2 aromatic rings. The summed E-state index contributed by atoms with van der Waals surface area (Å²) in [5.41, 5.74) is 8.60. The molecule has 6 heteroatoms. The number of halogens is 2. The molecular weight excluding hydrogens is 364 g/mol. The second kappa shape index (κ2) is 6.22. The Morgan fingerprint density at radius 3 is 2.74 bits per heavy atom. The monoisotopic (exact) mass is 374 g/mol. The van der Waals surface area contributed by atoms with Crippen LogP contribution in [0.25, 0.3) is 0 Å². The van der Waals surface area contributed by atoms with Gasteiger partial charge in [-0.15, -0.1) is 11.3 Å². The fourth-order valence-corrected chi connectivity index (χ4v) is 3.45. The van der Waals surface area contributed by atoms with Crippen LogP contribution < -0.4 is 10.6 Å². The summed E-state index contributed by atoms with van der Waals surface area (Å²) in [6.45, 7) is 0.824. The second-order valence-electron chi connectivity index (χ2n) is 4.14. The van der Waals surface area contributed by atoms with Gasteiger partial charge >= 0.3 is 0 Å². The first-order valence-electron chi connectivity index (χ1n) is 5.51. The molecule has 0 unspecified atom stereocenters. The molecule has 0 saturated carbocycles. The third-order valence-corrected chi connectivity index (χ3v) is 4.79. The first-order valence-corrected chi connectivity index (χ1v) is 7.96. The van der Waals surface area contributed by atoms with Gasteiger partial charge < -0.3 is 10.6 Å². The van der Waals surface area contributed by atoms with Crippen LogP contribution in [0.3, 0.4) is 0 Å². The largest absolute Gasteiger partial charge is 0.389 e. The molecule has 0 aliphatic heterocycles. The minimum atomic E-state index is 0.320. The van der Waals surface area contributed by atoms with E-state index < -0.39 is 0 Å². The van der Waals surface area contributed by atoms with Crippen LogP contribution in [-0.2, 0) is 6.54 Å². The van der Waals surface area contributed by atoms with Gasteiger partial charge in [-0.05, 0) is 51.1 Å². The van der Waals surface area contributed by atoms with Gasteiger partial charge in [0.15, 0.2) is 0 Å². The summed E-state index contributed by atoms with van der Waals surface area (Å²) in [7, 11) is 2.03. The maximum absolute atomic E-state index is 6.18. The Balaban J connectivity index is 2.17. The topological polar surface area (TPSA) is 29.3 Å². The van der Waals surface area contributed by atoms with Crippen LogP contribution in [0.5, 0.6) is 0 Å². The zero-order valence-electron chi connectivity index (χ0n) is 10.2. The summed E-state index contributed by atoms with van der Waals surface area (Å²) in [6.07, 6.45) is 0. The van der Waals surface area contributed by atoms with Crippen LogP contribution >= 0.6 is 51.1 Å². The predicted octanol–water partition coefficient (Wildman–Crippen LogP) is 4.43. The molecule has 0 fully saturated rings. The Hall–Kier alpha value is -0.620. The van der Waals surface area contributed by atoms with Gasteiger partial charge in [0, 0.05) is 24.8 Å². The number of rotatable bonds is 4. The lowest BCUT2D eigenvalue weighted by atomic mass is 10.2. The Labute approximate surface area is 135 Å². The summed E-state index contributed by atoms with van der Waals surface area (Å²) < 4.78 is 1.14. The molecule has 2 N–H and O–H groups in total. The molecule has 0 atom stereocenters. The standard InChI is InChI=1S/C13H12BrClN2S2/c1-17(6-8-4-12(14)19-7-8)9-2-3-10(13(16)18)11(15)5-9/h2-5,7H,6H2,1H3,(H2,16,18). The number of thiocarbonyl (C=S) groups is 1. The number of thiophene rings is 1. The minimum absolute atomic E-state index is 0.320. The van der Waals surface area contributed by atoms with Gasteiger partial charge in [0.1, 0.15) is 4.99 Å². The van der Waals surface area contributed by atoms with Gasteiger partial charge in [-0.25, -0.2) is 0 Å². The Bertz CT molecular complexity index is 612. The summed E-state index contributed by atoms with van der Waals surface area (Å²) >= 11 is 16.3. The average molecular weight is 376 g/mol. The highest BCUT2D eigenvalue weighted by Gasteiger charge is 2.08. The molecule has 100 valence electrons. The Morgan fingerprint density at radius 1 is 1.47 bits per heavy atom. The lowest BCUT2D eigenvalue weighted by Crippen LogP contribution is -2.16. The first-order chi connectivity index (χ1) is 8.97. The van der Waals surface area contributed by atoms with Crippen molar-refractivity contribution in [1.29, 1.82) is 0 Å². The highest BCUT2D eigenvalue weighted by molar-refractivity contribution is 9.11. The molecule has 0 spiro atoms. The van der Waals surface area contributed by atoms with Crippen LogP contribution in [0.4, 0.5) is 5.69 Å². The van der Waals surface area contributed by atoms with Gasteiger partial charge in [0.25, 0.3) is 0 Å². The lowest BCUT2D eigenvalue weighted by molar-refractivity contribution is 0.927. The fraction of sp³-hybridized carbons (Fsp3) is 0.154. The molecule has 0 amide bonds. The van der Waals surface area contributed by atoms with Gasteiger partial charge in [0.05, 0.1) is 8.81 Å². The summed E-state index contributed by atoms with van der Waals surface area (Å²) in [4.78, 5) is 2.45. The normalized spacial score (nSPS) is 10.5. The maximum Gasteiger partial charge on any atom is 0.105 e. The summed E-state index contributed by atoms with van der Waals surface area (Å²) in [6, 6.07) is 7.84. The number of hydrogen-bond acceptors (Lipinski definition) is 3. The summed E-state index contributed by atoms with van der Waals surface area (Å²) in [5, 5.41) is 2.72. The zero-order chi connectivity index (χ0) is 14.0. The van der Waals surface area contributed by atoms with E-state index in [1.54, 1.807) is 11.3 Å². The average Bonchev–Trinajstić information content (AvgIpc) is 2.74. The van der Waals surface area contributed by atoms with Crippen molar-refractivity contribution in [2.45, 2.75) is 6.54 Å². The van der Waals surface area contributed by atoms with E-state index in [2.05, 4.69) is 32.3 Å². The molecule has 1 aromatic heterocycles. The first kappa shape index (κ1) is 14.8. The molecule has 1 aromatic carbocycles. The van der Waals surface area contributed by atoms with E-state index in [0.29, 0.717) is 15.6 Å². The van der Waals surface area contributed by atoms with E-state index in [1.165, 1.54) is 5.56 Å². The molecule has 0 bridgehead atoms. The highest BCUT2D eigenvalue weighted by Crippen LogP contribution is 2.26. The minimum Gasteiger partial charge on any atom is -0.389 e. The Morgan fingerprint density at radius 2 is 2.21 bits per heavy atom. The molecule has 2 rings (SSSR count). The lowest BCUT2D eigenvalue weighted by Gasteiger charge is -2.19. The summed E-state index contributed by atoms with van der Waals surface area (Å²) in [5.74, 6) is 0. The van der Waals surface area contributed by atoms with E-state index >= 15 is 0 Å². The fourth-order valence-electron chi connectivity index (χ4n) is 1.74. The van der Waals surface area contributed by atoms with Crippen molar-refractivity contribution in [3.8, 4) is 0 Å². The number of nitrogens with two attached hydrogens (primary N) is 1. The number of benzene rings is 1.